The Hall–Kier alpha value is -2.37. The molecular weight excluding hydrogens is 258 g/mol. The van der Waals surface area contributed by atoms with E-state index >= 15 is 0 Å². The van der Waals surface area contributed by atoms with Gasteiger partial charge in [-0.05, 0) is 32.9 Å². The molecule has 2 heterocycles. The van der Waals surface area contributed by atoms with Gasteiger partial charge in [-0.2, -0.15) is 0 Å². The lowest BCUT2D eigenvalue weighted by atomic mass is 10.0. The number of carbonyl (C=O) groups excluding carboxylic acids is 1. The molecule has 0 aromatic carbocycles. The Bertz CT molecular complexity index is 663. The van der Waals surface area contributed by atoms with E-state index in [1.54, 1.807) is 20.0 Å². The van der Waals surface area contributed by atoms with E-state index in [-0.39, 0.29) is 11.6 Å². The Morgan fingerprint density at radius 2 is 2.05 bits per heavy atom. The number of rotatable bonds is 4. The SMILES string of the molecule is Cc1cccc2nc(C(=O)NC(C)C(C)C(=O)O)cn12. The number of nitrogens with one attached hydrogen (secondary N) is 1. The number of carbonyl (C=O) groups is 2. The Balaban J connectivity index is 2.19. The zero-order valence-corrected chi connectivity index (χ0v) is 11.6. The minimum Gasteiger partial charge on any atom is -0.481 e. The predicted molar refractivity (Wildman–Crippen MR) is 73.7 cm³/mol. The molecule has 2 N–H and O–H groups in total. The zero-order valence-electron chi connectivity index (χ0n) is 11.6. The van der Waals surface area contributed by atoms with Crippen LogP contribution in [0, 0.1) is 12.8 Å². The number of amides is 1. The topological polar surface area (TPSA) is 83.7 Å². The summed E-state index contributed by atoms with van der Waals surface area (Å²) in [6.07, 6.45) is 1.65. The second-order valence-electron chi connectivity index (χ2n) is 4.91. The van der Waals surface area contributed by atoms with Crippen LogP contribution in [-0.2, 0) is 4.79 Å². The summed E-state index contributed by atoms with van der Waals surface area (Å²) in [4.78, 5) is 27.2. The van der Waals surface area contributed by atoms with Gasteiger partial charge in [0.05, 0.1) is 5.92 Å². The smallest absolute Gasteiger partial charge is 0.308 e. The summed E-state index contributed by atoms with van der Waals surface area (Å²) in [6.45, 7) is 5.14. The van der Waals surface area contributed by atoms with Gasteiger partial charge in [0.15, 0.2) is 0 Å². The van der Waals surface area contributed by atoms with Gasteiger partial charge in [0.25, 0.3) is 5.91 Å². The van der Waals surface area contributed by atoms with Crippen molar-refractivity contribution in [3.8, 4) is 0 Å². The number of hydrogen-bond donors (Lipinski definition) is 2. The molecule has 0 saturated heterocycles. The molecule has 0 radical (unpaired) electrons. The second-order valence-corrected chi connectivity index (χ2v) is 4.91. The van der Waals surface area contributed by atoms with Crippen molar-refractivity contribution < 1.29 is 14.7 Å². The first-order chi connectivity index (χ1) is 9.40. The lowest BCUT2D eigenvalue weighted by molar-refractivity contribution is -0.141. The first kappa shape index (κ1) is 14.0. The highest BCUT2D eigenvalue weighted by molar-refractivity contribution is 5.93. The third-order valence-corrected chi connectivity index (χ3v) is 3.43. The number of hydrogen-bond acceptors (Lipinski definition) is 3. The van der Waals surface area contributed by atoms with Crippen LogP contribution >= 0.6 is 0 Å². The van der Waals surface area contributed by atoms with Crippen LogP contribution in [0.5, 0.6) is 0 Å². The Kier molecular flexibility index (Phi) is 3.74. The van der Waals surface area contributed by atoms with Gasteiger partial charge in [-0.15, -0.1) is 0 Å². The normalized spacial score (nSPS) is 13.9. The van der Waals surface area contributed by atoms with E-state index in [1.807, 2.05) is 29.5 Å². The number of imidazole rings is 1. The molecule has 6 heteroatoms. The molecule has 0 aliphatic heterocycles. The fourth-order valence-electron chi connectivity index (χ4n) is 1.88. The van der Waals surface area contributed by atoms with Gasteiger partial charge in [-0.1, -0.05) is 6.07 Å². The van der Waals surface area contributed by atoms with Crippen LogP contribution < -0.4 is 5.32 Å². The first-order valence-electron chi connectivity index (χ1n) is 6.38. The van der Waals surface area contributed by atoms with Crippen molar-refractivity contribution in [3.05, 3.63) is 35.8 Å². The van der Waals surface area contributed by atoms with Crippen LogP contribution in [0.1, 0.15) is 30.0 Å². The molecular formula is C14H17N3O3. The van der Waals surface area contributed by atoms with E-state index in [0.29, 0.717) is 5.65 Å². The molecule has 0 aliphatic carbocycles. The molecule has 2 aromatic heterocycles. The van der Waals surface area contributed by atoms with Crippen molar-refractivity contribution in [1.29, 1.82) is 0 Å². The quantitative estimate of drug-likeness (QED) is 0.885. The molecule has 0 aliphatic rings. The van der Waals surface area contributed by atoms with Gasteiger partial charge in [0, 0.05) is 17.9 Å². The molecule has 2 rings (SSSR count). The van der Waals surface area contributed by atoms with Crippen molar-refractivity contribution in [2.24, 2.45) is 5.92 Å². The molecule has 0 spiro atoms. The maximum Gasteiger partial charge on any atom is 0.308 e. The Morgan fingerprint density at radius 3 is 2.65 bits per heavy atom. The number of carboxylic acid groups (broad SMARTS) is 1. The van der Waals surface area contributed by atoms with Gasteiger partial charge in [-0.3, -0.25) is 9.59 Å². The first-order valence-corrected chi connectivity index (χ1v) is 6.38. The molecule has 1 amide bonds. The van der Waals surface area contributed by atoms with Crippen LogP contribution in [0.25, 0.3) is 5.65 Å². The summed E-state index contributed by atoms with van der Waals surface area (Å²) < 4.78 is 1.82. The summed E-state index contributed by atoms with van der Waals surface area (Å²) in [5.74, 6) is -1.96. The molecule has 0 fully saturated rings. The van der Waals surface area contributed by atoms with Crippen LogP contribution in [-0.4, -0.2) is 32.4 Å². The van der Waals surface area contributed by atoms with Crippen LogP contribution in [0.2, 0.25) is 0 Å². The maximum absolute atomic E-state index is 12.1. The lowest BCUT2D eigenvalue weighted by Gasteiger charge is -2.16. The van der Waals surface area contributed by atoms with Crippen LogP contribution in [0.15, 0.2) is 24.4 Å². The number of aliphatic carboxylic acids is 1. The zero-order chi connectivity index (χ0) is 14.9. The van der Waals surface area contributed by atoms with Crippen LogP contribution in [0.3, 0.4) is 0 Å². The highest BCUT2D eigenvalue weighted by atomic mass is 16.4. The van der Waals surface area contributed by atoms with Gasteiger partial charge in [0.1, 0.15) is 11.3 Å². The summed E-state index contributed by atoms with van der Waals surface area (Å²) in [5.41, 5.74) is 1.94. The standard InChI is InChI=1S/C14H17N3O3/c1-8-5-4-6-12-16-11(7-17(8)12)13(18)15-10(3)9(2)14(19)20/h4-7,9-10H,1-3H3,(H,15,18)(H,19,20). The number of nitrogens with zero attached hydrogens (tertiary/aromatic N) is 2. The van der Waals surface area contributed by atoms with Gasteiger partial charge >= 0.3 is 5.97 Å². The van der Waals surface area contributed by atoms with E-state index in [1.165, 1.54) is 0 Å². The Morgan fingerprint density at radius 1 is 1.35 bits per heavy atom. The average molecular weight is 275 g/mol. The maximum atomic E-state index is 12.1. The monoisotopic (exact) mass is 275 g/mol. The van der Waals surface area contributed by atoms with Gasteiger partial charge < -0.3 is 14.8 Å². The molecule has 2 aromatic rings. The highest BCUT2D eigenvalue weighted by Crippen LogP contribution is 2.09. The fourth-order valence-corrected chi connectivity index (χ4v) is 1.88. The minimum absolute atomic E-state index is 0.281. The molecule has 0 saturated carbocycles. The van der Waals surface area contributed by atoms with Crippen molar-refractivity contribution in [2.75, 3.05) is 0 Å². The molecule has 106 valence electrons. The molecule has 2 atom stereocenters. The van der Waals surface area contributed by atoms with Gasteiger partial charge in [0.2, 0.25) is 0 Å². The van der Waals surface area contributed by atoms with Crippen LogP contribution in [0.4, 0.5) is 0 Å². The summed E-state index contributed by atoms with van der Waals surface area (Å²) in [7, 11) is 0. The summed E-state index contributed by atoms with van der Waals surface area (Å²) >= 11 is 0. The second kappa shape index (κ2) is 5.32. The molecule has 6 nitrogen and oxygen atoms in total. The summed E-state index contributed by atoms with van der Waals surface area (Å²) in [6, 6.07) is 5.14. The number of aryl methyl sites for hydroxylation is 1. The lowest BCUT2D eigenvalue weighted by Crippen LogP contribution is -2.40. The largest absolute Gasteiger partial charge is 0.481 e. The summed E-state index contributed by atoms with van der Waals surface area (Å²) in [5, 5.41) is 11.6. The average Bonchev–Trinajstić information content (AvgIpc) is 2.83. The van der Waals surface area contributed by atoms with Crippen molar-refractivity contribution in [3.63, 3.8) is 0 Å². The van der Waals surface area contributed by atoms with E-state index in [4.69, 9.17) is 5.11 Å². The molecule has 0 bridgehead atoms. The van der Waals surface area contributed by atoms with E-state index < -0.39 is 17.9 Å². The number of aromatic nitrogens is 2. The van der Waals surface area contributed by atoms with Crippen molar-refractivity contribution >= 4 is 17.5 Å². The molecule has 20 heavy (non-hydrogen) atoms. The number of pyridine rings is 1. The van der Waals surface area contributed by atoms with Crippen molar-refractivity contribution in [1.82, 2.24) is 14.7 Å². The third kappa shape index (κ3) is 2.64. The van der Waals surface area contributed by atoms with Gasteiger partial charge in [-0.25, -0.2) is 4.98 Å². The fraction of sp³-hybridized carbons (Fsp3) is 0.357. The minimum atomic E-state index is -0.941. The predicted octanol–water partition coefficient (Wildman–Crippen LogP) is 1.48. The highest BCUT2D eigenvalue weighted by Gasteiger charge is 2.22. The van der Waals surface area contributed by atoms with E-state index in [9.17, 15) is 9.59 Å². The van der Waals surface area contributed by atoms with Crippen molar-refractivity contribution in [2.45, 2.75) is 26.8 Å². The number of carboxylic acids is 1. The Labute approximate surface area is 116 Å². The molecule has 2 unspecified atom stereocenters. The van der Waals surface area contributed by atoms with E-state index in [2.05, 4.69) is 10.3 Å². The number of fused-ring (bicyclic) bond motifs is 1. The third-order valence-electron chi connectivity index (χ3n) is 3.43. The van der Waals surface area contributed by atoms with E-state index in [0.717, 1.165) is 5.69 Å².